The van der Waals surface area contributed by atoms with Crippen LogP contribution in [-0.2, 0) is 11.2 Å². The Morgan fingerprint density at radius 1 is 1.47 bits per heavy atom. The molecule has 3 heteroatoms. The van der Waals surface area contributed by atoms with E-state index in [1.165, 1.54) is 0 Å². The summed E-state index contributed by atoms with van der Waals surface area (Å²) in [4.78, 5) is 11.1. The molecule has 0 spiro atoms. The highest BCUT2D eigenvalue weighted by Crippen LogP contribution is 2.27. The van der Waals surface area contributed by atoms with Gasteiger partial charge >= 0.3 is 0 Å². The summed E-state index contributed by atoms with van der Waals surface area (Å²) in [6.07, 6.45) is 2.68. The van der Waals surface area contributed by atoms with Crippen molar-refractivity contribution in [1.82, 2.24) is 0 Å². The van der Waals surface area contributed by atoms with Crippen molar-refractivity contribution in [2.75, 3.05) is 11.9 Å². The molecule has 1 aliphatic rings. The first-order valence-corrected chi connectivity index (χ1v) is 5.35. The molecule has 80 valence electrons. The van der Waals surface area contributed by atoms with Gasteiger partial charge in [-0.1, -0.05) is 19.4 Å². The van der Waals surface area contributed by atoms with Crippen molar-refractivity contribution in [3.63, 3.8) is 0 Å². The number of unbranched alkanes of at least 4 members (excludes halogenated alkanes) is 1. The molecule has 2 rings (SSSR count). The second-order valence-electron chi connectivity index (χ2n) is 3.75. The smallest absolute Gasteiger partial charge is 0.228 e. The zero-order valence-electron chi connectivity index (χ0n) is 8.88. The number of hydrogen-bond acceptors (Lipinski definition) is 2. The Balaban J connectivity index is 2.03. The Morgan fingerprint density at radius 3 is 3.13 bits per heavy atom. The quantitative estimate of drug-likeness (QED) is 0.766. The maximum atomic E-state index is 11.1. The molecule has 0 aliphatic carbocycles. The molecule has 0 saturated carbocycles. The van der Waals surface area contributed by atoms with Crippen molar-refractivity contribution in [1.29, 1.82) is 0 Å². The first kappa shape index (κ1) is 10.0. The summed E-state index contributed by atoms with van der Waals surface area (Å²) in [5, 5.41) is 2.81. The first-order valence-electron chi connectivity index (χ1n) is 5.35. The van der Waals surface area contributed by atoms with Crippen LogP contribution in [0.1, 0.15) is 25.3 Å². The highest BCUT2D eigenvalue weighted by Gasteiger charge is 2.17. The molecule has 1 aromatic carbocycles. The minimum Gasteiger partial charge on any atom is -0.494 e. The lowest BCUT2D eigenvalue weighted by atomic mass is 10.1. The molecule has 0 bridgehead atoms. The van der Waals surface area contributed by atoms with Gasteiger partial charge in [0, 0.05) is 11.8 Å². The van der Waals surface area contributed by atoms with Gasteiger partial charge in [0.1, 0.15) is 5.75 Å². The van der Waals surface area contributed by atoms with E-state index in [9.17, 15) is 4.79 Å². The van der Waals surface area contributed by atoms with Gasteiger partial charge in [-0.05, 0) is 18.1 Å². The third kappa shape index (κ3) is 2.29. The molecule has 0 atom stereocenters. The number of anilines is 1. The Labute approximate surface area is 89.4 Å². The molecule has 15 heavy (non-hydrogen) atoms. The van der Waals surface area contributed by atoms with Gasteiger partial charge in [-0.15, -0.1) is 0 Å². The molecular weight excluding hydrogens is 190 g/mol. The average Bonchev–Trinajstić information content (AvgIpc) is 2.57. The number of carbonyl (C=O) groups excluding carboxylic acids is 1. The monoisotopic (exact) mass is 205 g/mol. The topological polar surface area (TPSA) is 38.3 Å². The van der Waals surface area contributed by atoms with E-state index in [2.05, 4.69) is 12.2 Å². The first-order chi connectivity index (χ1) is 7.29. The van der Waals surface area contributed by atoms with Crippen LogP contribution in [0.15, 0.2) is 18.2 Å². The predicted octanol–water partition coefficient (Wildman–Crippen LogP) is 2.36. The van der Waals surface area contributed by atoms with Crippen LogP contribution in [0.2, 0.25) is 0 Å². The minimum absolute atomic E-state index is 0.0655. The maximum Gasteiger partial charge on any atom is 0.228 e. The lowest BCUT2D eigenvalue weighted by Gasteiger charge is -2.06. The van der Waals surface area contributed by atoms with E-state index in [4.69, 9.17) is 4.74 Å². The summed E-state index contributed by atoms with van der Waals surface area (Å²) < 4.78 is 5.56. The van der Waals surface area contributed by atoms with Gasteiger partial charge in [-0.3, -0.25) is 4.79 Å². The average molecular weight is 205 g/mol. The normalized spacial score (nSPS) is 13.5. The molecule has 0 radical (unpaired) electrons. The van der Waals surface area contributed by atoms with Crippen LogP contribution in [0.25, 0.3) is 0 Å². The maximum absolute atomic E-state index is 11.1. The molecule has 0 aromatic heterocycles. The Hall–Kier alpha value is -1.51. The Morgan fingerprint density at radius 2 is 2.33 bits per heavy atom. The minimum atomic E-state index is 0.0655. The summed E-state index contributed by atoms with van der Waals surface area (Å²) >= 11 is 0. The molecule has 1 N–H and O–H groups in total. The number of carbonyl (C=O) groups is 1. The van der Waals surface area contributed by atoms with Gasteiger partial charge in [0.05, 0.1) is 13.0 Å². The van der Waals surface area contributed by atoms with E-state index in [-0.39, 0.29) is 5.91 Å². The molecule has 0 unspecified atom stereocenters. The summed E-state index contributed by atoms with van der Waals surface area (Å²) in [6, 6.07) is 5.78. The number of hydrogen-bond donors (Lipinski definition) is 1. The fraction of sp³-hybridized carbons (Fsp3) is 0.417. The fourth-order valence-electron chi connectivity index (χ4n) is 1.62. The third-order valence-corrected chi connectivity index (χ3v) is 2.47. The highest BCUT2D eigenvalue weighted by molar-refractivity contribution is 5.99. The standard InChI is InChI=1S/C12H15NO2/c1-2-3-6-15-10-5-4-9-7-12(14)13-11(9)8-10/h4-5,8H,2-3,6-7H2,1H3,(H,13,14). The molecule has 0 fully saturated rings. The second kappa shape index (κ2) is 4.34. The summed E-state index contributed by atoms with van der Waals surface area (Å²) in [5.41, 5.74) is 1.96. The van der Waals surface area contributed by atoms with Gasteiger partial charge in [0.25, 0.3) is 0 Å². The van der Waals surface area contributed by atoms with Crippen molar-refractivity contribution >= 4 is 11.6 Å². The van der Waals surface area contributed by atoms with Crippen LogP contribution in [-0.4, -0.2) is 12.5 Å². The zero-order valence-corrected chi connectivity index (χ0v) is 8.88. The lowest BCUT2D eigenvalue weighted by Crippen LogP contribution is -2.03. The summed E-state index contributed by atoms with van der Waals surface area (Å²) in [7, 11) is 0. The van der Waals surface area contributed by atoms with E-state index in [0.717, 1.165) is 36.4 Å². The molecular formula is C12H15NO2. The van der Waals surface area contributed by atoms with Crippen molar-refractivity contribution in [2.24, 2.45) is 0 Å². The van der Waals surface area contributed by atoms with E-state index in [1.807, 2.05) is 18.2 Å². The van der Waals surface area contributed by atoms with E-state index < -0.39 is 0 Å². The number of nitrogens with one attached hydrogen (secondary N) is 1. The highest BCUT2D eigenvalue weighted by atomic mass is 16.5. The van der Waals surface area contributed by atoms with Crippen LogP contribution in [0.5, 0.6) is 5.75 Å². The van der Waals surface area contributed by atoms with E-state index in [1.54, 1.807) is 0 Å². The Bertz CT molecular complexity index is 374. The van der Waals surface area contributed by atoms with Crippen LogP contribution in [0.3, 0.4) is 0 Å². The van der Waals surface area contributed by atoms with Crippen molar-refractivity contribution in [3.8, 4) is 5.75 Å². The second-order valence-corrected chi connectivity index (χ2v) is 3.75. The van der Waals surface area contributed by atoms with Gasteiger partial charge in [-0.25, -0.2) is 0 Å². The van der Waals surface area contributed by atoms with Gasteiger partial charge in [-0.2, -0.15) is 0 Å². The predicted molar refractivity (Wildman–Crippen MR) is 59.2 cm³/mol. The van der Waals surface area contributed by atoms with Gasteiger partial charge in [0.2, 0.25) is 5.91 Å². The van der Waals surface area contributed by atoms with Crippen LogP contribution in [0.4, 0.5) is 5.69 Å². The van der Waals surface area contributed by atoms with Crippen molar-refractivity contribution < 1.29 is 9.53 Å². The SMILES string of the molecule is CCCCOc1ccc2c(c1)NC(=O)C2. The van der Waals surface area contributed by atoms with E-state index >= 15 is 0 Å². The van der Waals surface area contributed by atoms with Crippen molar-refractivity contribution in [3.05, 3.63) is 23.8 Å². The molecule has 1 amide bonds. The lowest BCUT2D eigenvalue weighted by molar-refractivity contribution is -0.115. The van der Waals surface area contributed by atoms with E-state index in [0.29, 0.717) is 6.42 Å². The summed E-state index contributed by atoms with van der Waals surface area (Å²) in [6.45, 7) is 2.87. The number of amides is 1. The molecule has 0 saturated heterocycles. The van der Waals surface area contributed by atoms with Crippen LogP contribution in [0, 0.1) is 0 Å². The fourth-order valence-corrected chi connectivity index (χ4v) is 1.62. The van der Waals surface area contributed by atoms with Crippen molar-refractivity contribution in [2.45, 2.75) is 26.2 Å². The molecule has 1 aliphatic heterocycles. The number of fused-ring (bicyclic) bond motifs is 1. The number of ether oxygens (including phenoxy) is 1. The zero-order chi connectivity index (χ0) is 10.7. The molecule has 1 aromatic rings. The molecule has 3 nitrogen and oxygen atoms in total. The largest absolute Gasteiger partial charge is 0.494 e. The van der Waals surface area contributed by atoms with Crippen LogP contribution >= 0.6 is 0 Å². The third-order valence-electron chi connectivity index (χ3n) is 2.47. The number of benzene rings is 1. The van der Waals surface area contributed by atoms with Gasteiger partial charge in [0.15, 0.2) is 0 Å². The Kier molecular flexibility index (Phi) is 2.90. The van der Waals surface area contributed by atoms with Crippen LogP contribution < -0.4 is 10.1 Å². The number of rotatable bonds is 4. The molecule has 1 heterocycles. The summed E-state index contributed by atoms with van der Waals surface area (Å²) in [5.74, 6) is 0.903. The van der Waals surface area contributed by atoms with Gasteiger partial charge < -0.3 is 10.1 Å².